The molecule has 0 fully saturated rings. The molecule has 0 spiro atoms. The minimum Gasteiger partial charge on any atom is -0.466 e. The highest BCUT2D eigenvalue weighted by molar-refractivity contribution is 5.74. The van der Waals surface area contributed by atoms with Crippen LogP contribution in [0.2, 0.25) is 0 Å². The van der Waals surface area contributed by atoms with Crippen molar-refractivity contribution in [2.75, 3.05) is 6.61 Å². The monoisotopic (exact) mass is 252 g/mol. The molecule has 0 heterocycles. The number of nitro benzene ring substituents is 1. The van der Waals surface area contributed by atoms with Crippen LogP contribution in [0.1, 0.15) is 18.1 Å². The summed E-state index contributed by atoms with van der Waals surface area (Å²) >= 11 is 0. The molecule has 0 unspecified atom stereocenters. The fourth-order valence-corrected chi connectivity index (χ4v) is 1.39. The van der Waals surface area contributed by atoms with Crippen molar-refractivity contribution in [2.24, 2.45) is 0 Å². The molecule has 0 saturated heterocycles. The van der Waals surface area contributed by atoms with Gasteiger partial charge in [0.05, 0.1) is 29.1 Å². The molecule has 0 aliphatic heterocycles. The first-order chi connectivity index (χ1) is 8.51. The Morgan fingerprint density at radius 2 is 2.28 bits per heavy atom. The van der Waals surface area contributed by atoms with Crippen molar-refractivity contribution in [1.29, 1.82) is 5.26 Å². The highest BCUT2D eigenvalue weighted by Crippen LogP contribution is 2.24. The molecule has 0 aromatic heterocycles. The molecule has 0 bridgehead atoms. The molecule has 0 atom stereocenters. The minimum absolute atomic E-state index is 0.0895. The van der Waals surface area contributed by atoms with Gasteiger partial charge in [0.2, 0.25) is 0 Å². The van der Waals surface area contributed by atoms with Crippen LogP contribution in [0.15, 0.2) is 12.1 Å². The predicted molar refractivity (Wildman–Crippen MR) is 58.1 cm³/mol. The lowest BCUT2D eigenvalue weighted by Gasteiger charge is -2.05. The summed E-state index contributed by atoms with van der Waals surface area (Å²) < 4.78 is 18.4. The Balaban J connectivity index is 3.25. The zero-order chi connectivity index (χ0) is 13.7. The lowest BCUT2D eigenvalue weighted by molar-refractivity contribution is -0.385. The van der Waals surface area contributed by atoms with E-state index in [9.17, 15) is 19.3 Å². The maximum absolute atomic E-state index is 13.8. The third-order valence-electron chi connectivity index (χ3n) is 2.16. The third-order valence-corrected chi connectivity index (χ3v) is 2.16. The van der Waals surface area contributed by atoms with Gasteiger partial charge in [-0.1, -0.05) is 0 Å². The van der Waals surface area contributed by atoms with Crippen LogP contribution in [0.3, 0.4) is 0 Å². The van der Waals surface area contributed by atoms with E-state index in [2.05, 4.69) is 4.74 Å². The zero-order valence-corrected chi connectivity index (χ0v) is 9.47. The van der Waals surface area contributed by atoms with Crippen molar-refractivity contribution in [1.82, 2.24) is 0 Å². The number of carbonyl (C=O) groups is 1. The Labute approximate surface area is 102 Å². The Morgan fingerprint density at radius 3 is 2.78 bits per heavy atom. The van der Waals surface area contributed by atoms with Crippen molar-refractivity contribution in [2.45, 2.75) is 13.3 Å². The first-order valence-corrected chi connectivity index (χ1v) is 5.02. The Hall–Kier alpha value is -2.49. The van der Waals surface area contributed by atoms with E-state index in [0.29, 0.717) is 0 Å². The van der Waals surface area contributed by atoms with Crippen molar-refractivity contribution in [3.05, 3.63) is 39.2 Å². The van der Waals surface area contributed by atoms with E-state index in [1.807, 2.05) is 0 Å². The number of benzene rings is 1. The summed E-state index contributed by atoms with van der Waals surface area (Å²) in [5.41, 5.74) is -1.32. The van der Waals surface area contributed by atoms with Crippen LogP contribution in [0, 0.1) is 27.3 Å². The molecule has 0 N–H and O–H groups in total. The number of nitro groups is 1. The van der Waals surface area contributed by atoms with Gasteiger partial charge in [0, 0.05) is 6.07 Å². The van der Waals surface area contributed by atoms with Gasteiger partial charge in [-0.05, 0) is 13.0 Å². The van der Waals surface area contributed by atoms with Crippen LogP contribution >= 0.6 is 0 Å². The van der Waals surface area contributed by atoms with E-state index in [1.165, 1.54) is 0 Å². The lowest BCUT2D eigenvalue weighted by Crippen LogP contribution is -2.11. The molecule has 1 rings (SSSR count). The summed E-state index contributed by atoms with van der Waals surface area (Å²) in [6.07, 6.45) is -0.578. The normalized spacial score (nSPS) is 9.61. The van der Waals surface area contributed by atoms with Crippen LogP contribution in [-0.2, 0) is 16.0 Å². The number of hydrogen-bond donors (Lipinski definition) is 0. The van der Waals surface area contributed by atoms with Crippen LogP contribution in [-0.4, -0.2) is 17.5 Å². The second-order valence-electron chi connectivity index (χ2n) is 3.28. The van der Waals surface area contributed by atoms with Gasteiger partial charge < -0.3 is 4.74 Å². The van der Waals surface area contributed by atoms with Gasteiger partial charge in [-0.25, -0.2) is 4.39 Å². The molecule has 6 nitrogen and oxygen atoms in total. The molecular weight excluding hydrogens is 243 g/mol. The number of halogens is 1. The smallest absolute Gasteiger partial charge is 0.310 e. The summed E-state index contributed by atoms with van der Waals surface area (Å²) in [6.45, 7) is 1.65. The molecule has 0 radical (unpaired) electrons. The van der Waals surface area contributed by atoms with Gasteiger partial charge in [-0.2, -0.15) is 5.26 Å². The van der Waals surface area contributed by atoms with Gasteiger partial charge in [-0.15, -0.1) is 0 Å². The number of hydrogen-bond acceptors (Lipinski definition) is 5. The highest BCUT2D eigenvalue weighted by atomic mass is 19.1. The first kappa shape index (κ1) is 13.6. The third kappa shape index (κ3) is 2.79. The largest absolute Gasteiger partial charge is 0.466 e. The number of rotatable bonds is 4. The summed E-state index contributed by atoms with van der Waals surface area (Å²) in [6, 6.07) is 3.56. The summed E-state index contributed by atoms with van der Waals surface area (Å²) in [7, 11) is 0. The molecular formula is C11H9FN2O4. The van der Waals surface area contributed by atoms with E-state index >= 15 is 0 Å². The van der Waals surface area contributed by atoms with Crippen molar-refractivity contribution in [3.63, 3.8) is 0 Å². The van der Waals surface area contributed by atoms with Gasteiger partial charge >= 0.3 is 5.97 Å². The molecule has 1 aromatic rings. The summed E-state index contributed by atoms with van der Waals surface area (Å²) in [4.78, 5) is 21.2. The minimum atomic E-state index is -1.06. The molecule has 94 valence electrons. The number of ether oxygens (including phenoxy) is 1. The average molecular weight is 252 g/mol. The van der Waals surface area contributed by atoms with Crippen LogP contribution in [0.25, 0.3) is 0 Å². The van der Waals surface area contributed by atoms with Gasteiger partial charge in [0.25, 0.3) is 5.69 Å². The summed E-state index contributed by atoms with van der Waals surface area (Å²) in [5, 5.41) is 19.4. The van der Waals surface area contributed by atoms with Crippen LogP contribution < -0.4 is 0 Å². The molecule has 0 amide bonds. The van der Waals surface area contributed by atoms with Crippen LogP contribution in [0.4, 0.5) is 10.1 Å². The van der Waals surface area contributed by atoms with Gasteiger partial charge in [-0.3, -0.25) is 14.9 Å². The lowest BCUT2D eigenvalue weighted by atomic mass is 10.1. The van der Waals surface area contributed by atoms with Crippen LogP contribution in [0.5, 0.6) is 0 Å². The fourth-order valence-electron chi connectivity index (χ4n) is 1.39. The standard InChI is InChI=1S/C11H9FN2O4/c1-2-18-10(15)5-8-9(14(16)17)4-3-7(6-13)11(8)12/h3-4H,2,5H2,1H3. The Kier molecular flexibility index (Phi) is 4.32. The molecule has 18 heavy (non-hydrogen) atoms. The Morgan fingerprint density at radius 1 is 1.61 bits per heavy atom. The van der Waals surface area contributed by atoms with E-state index in [0.717, 1.165) is 12.1 Å². The molecule has 7 heteroatoms. The second-order valence-corrected chi connectivity index (χ2v) is 3.28. The maximum atomic E-state index is 13.8. The molecule has 0 saturated carbocycles. The highest BCUT2D eigenvalue weighted by Gasteiger charge is 2.23. The van der Waals surface area contributed by atoms with Crippen molar-refractivity contribution < 1.29 is 18.8 Å². The van der Waals surface area contributed by atoms with Crippen molar-refractivity contribution >= 4 is 11.7 Å². The number of nitrogens with zero attached hydrogens (tertiary/aromatic N) is 2. The number of nitriles is 1. The van der Waals surface area contributed by atoms with E-state index in [4.69, 9.17) is 5.26 Å². The molecule has 1 aromatic carbocycles. The fraction of sp³-hybridized carbons (Fsp3) is 0.273. The van der Waals surface area contributed by atoms with E-state index < -0.39 is 34.4 Å². The van der Waals surface area contributed by atoms with E-state index in [-0.39, 0.29) is 12.2 Å². The number of carbonyl (C=O) groups excluding carboxylic acids is 1. The Bertz CT molecular complexity index is 537. The topological polar surface area (TPSA) is 93.2 Å². The molecule has 0 aliphatic rings. The van der Waals surface area contributed by atoms with Gasteiger partial charge in [0.1, 0.15) is 6.07 Å². The predicted octanol–water partition coefficient (Wildman–Crippen LogP) is 1.71. The quantitative estimate of drug-likeness (QED) is 0.462. The van der Waals surface area contributed by atoms with Crippen molar-refractivity contribution in [3.8, 4) is 6.07 Å². The number of esters is 1. The summed E-state index contributed by atoms with van der Waals surface area (Å²) in [5.74, 6) is -1.84. The maximum Gasteiger partial charge on any atom is 0.310 e. The SMILES string of the molecule is CCOC(=O)Cc1c([N+](=O)[O-])ccc(C#N)c1F. The molecule has 0 aliphatic carbocycles. The first-order valence-electron chi connectivity index (χ1n) is 5.02. The van der Waals surface area contributed by atoms with E-state index in [1.54, 1.807) is 13.0 Å². The second kappa shape index (κ2) is 5.72. The average Bonchev–Trinajstić information content (AvgIpc) is 2.31. The van der Waals surface area contributed by atoms with Gasteiger partial charge in [0.15, 0.2) is 5.82 Å². The zero-order valence-electron chi connectivity index (χ0n) is 9.47.